The minimum Gasteiger partial charge on any atom is -0.379 e. The van der Waals surface area contributed by atoms with Gasteiger partial charge in [0.05, 0.1) is 36.4 Å². The highest BCUT2D eigenvalue weighted by Crippen LogP contribution is 2.43. The molecule has 0 aromatic carbocycles. The average Bonchev–Trinajstić information content (AvgIpc) is 3.34. The Kier molecular flexibility index (Phi) is 4.93. The summed E-state index contributed by atoms with van der Waals surface area (Å²) in [7, 11) is 0. The second-order valence-corrected chi connectivity index (χ2v) is 7.37. The quantitative estimate of drug-likeness (QED) is 0.816. The molecule has 4 rings (SSSR count). The van der Waals surface area contributed by atoms with Crippen molar-refractivity contribution in [3.63, 3.8) is 0 Å². The highest BCUT2D eigenvalue weighted by molar-refractivity contribution is 5.81. The lowest BCUT2D eigenvalue weighted by Crippen LogP contribution is -2.62. The summed E-state index contributed by atoms with van der Waals surface area (Å²) in [6.45, 7) is 4.95. The van der Waals surface area contributed by atoms with Crippen molar-refractivity contribution < 1.29 is 9.53 Å². The zero-order valence-corrected chi connectivity index (χ0v) is 15.0. The van der Waals surface area contributed by atoms with E-state index in [1.165, 1.54) is 0 Å². The number of likely N-dealkylation sites (tertiary alicyclic amines) is 1. The molecule has 7 heteroatoms. The molecule has 3 aliphatic rings. The maximum atomic E-state index is 12.4. The predicted molar refractivity (Wildman–Crippen MR) is 98.2 cm³/mol. The number of allylic oxidation sites excluding steroid dienone is 2. The number of nitrogens with zero attached hydrogens (tertiary/aromatic N) is 3. The van der Waals surface area contributed by atoms with Gasteiger partial charge in [0, 0.05) is 25.8 Å². The van der Waals surface area contributed by atoms with Gasteiger partial charge in [-0.15, -0.1) is 0 Å². The zero-order valence-electron chi connectivity index (χ0n) is 15.0. The Morgan fingerprint density at radius 3 is 2.92 bits per heavy atom. The lowest BCUT2D eigenvalue weighted by molar-refractivity contribution is -0.125. The third kappa shape index (κ3) is 3.11. The molecule has 1 amide bonds. The number of aromatic nitrogens is 2. The number of nitrogens with two attached hydrogens (primary N) is 1. The average molecular weight is 357 g/mol. The molecule has 26 heavy (non-hydrogen) atoms. The van der Waals surface area contributed by atoms with Crippen LogP contribution in [0.1, 0.15) is 24.6 Å². The Hall–Kier alpha value is -1.96. The first kappa shape index (κ1) is 17.5. The van der Waals surface area contributed by atoms with Crippen LogP contribution in [0, 0.1) is 5.92 Å². The fourth-order valence-electron chi connectivity index (χ4n) is 4.68. The Morgan fingerprint density at radius 1 is 1.35 bits per heavy atom. The van der Waals surface area contributed by atoms with E-state index < -0.39 is 5.54 Å². The van der Waals surface area contributed by atoms with E-state index in [2.05, 4.69) is 32.1 Å². The molecule has 1 aliphatic carbocycles. The van der Waals surface area contributed by atoms with E-state index in [4.69, 9.17) is 10.5 Å². The molecule has 140 valence electrons. The van der Waals surface area contributed by atoms with Gasteiger partial charge in [-0.25, -0.2) is 0 Å². The number of H-pyrrole nitrogens is 1. The van der Waals surface area contributed by atoms with Crippen LogP contribution in [-0.2, 0) is 9.53 Å². The van der Waals surface area contributed by atoms with Gasteiger partial charge in [-0.2, -0.15) is 5.10 Å². The zero-order chi connectivity index (χ0) is 18.0. The molecule has 3 atom stereocenters. The van der Waals surface area contributed by atoms with Gasteiger partial charge in [0.15, 0.2) is 0 Å². The van der Waals surface area contributed by atoms with E-state index in [1.54, 1.807) is 6.20 Å². The molecule has 7 nitrogen and oxygen atoms in total. The second-order valence-electron chi connectivity index (χ2n) is 7.37. The first-order chi connectivity index (χ1) is 12.7. The van der Waals surface area contributed by atoms with Gasteiger partial charge in [-0.3, -0.25) is 19.7 Å². The van der Waals surface area contributed by atoms with Crippen molar-refractivity contribution in [2.24, 2.45) is 11.7 Å². The number of aromatic amines is 1. The SMILES string of the molecule is NC(=O)C1C=CC=CC1(CN1CCOCC1)N1CCCC1c1ccn[nH]1. The number of carbonyl (C=O) groups is 1. The standard InChI is InChI=1S/C19H27N5O2/c20-18(25)15-4-1-2-7-19(15,14-23-10-12-26-13-11-23)24-9-3-5-17(24)16-6-8-21-22-16/h1-2,4,6-8,15,17H,3,5,9-14H2,(H2,20,25)(H,21,22). The number of ether oxygens (including phenoxy) is 1. The van der Waals surface area contributed by atoms with Crippen LogP contribution in [0.2, 0.25) is 0 Å². The van der Waals surface area contributed by atoms with Crippen LogP contribution < -0.4 is 5.73 Å². The molecule has 2 fully saturated rings. The number of nitrogens with one attached hydrogen (secondary N) is 1. The first-order valence-corrected chi connectivity index (χ1v) is 9.42. The van der Waals surface area contributed by atoms with Crippen LogP contribution in [0.5, 0.6) is 0 Å². The summed E-state index contributed by atoms with van der Waals surface area (Å²) >= 11 is 0. The van der Waals surface area contributed by atoms with Gasteiger partial charge in [-0.05, 0) is 25.5 Å². The number of rotatable bonds is 5. The van der Waals surface area contributed by atoms with Crippen molar-refractivity contribution in [3.8, 4) is 0 Å². The molecule has 3 unspecified atom stereocenters. The van der Waals surface area contributed by atoms with Gasteiger partial charge in [0.2, 0.25) is 5.91 Å². The summed E-state index contributed by atoms with van der Waals surface area (Å²) in [4.78, 5) is 17.3. The Balaban J connectivity index is 1.71. The number of carbonyl (C=O) groups excluding carboxylic acids is 1. The number of primary amides is 1. The molecule has 1 aromatic heterocycles. The van der Waals surface area contributed by atoms with E-state index >= 15 is 0 Å². The minimum absolute atomic E-state index is 0.219. The third-order valence-corrected chi connectivity index (χ3v) is 5.89. The summed E-state index contributed by atoms with van der Waals surface area (Å²) in [5.74, 6) is -0.618. The molecule has 3 N–H and O–H groups in total. The number of morpholine rings is 1. The second kappa shape index (κ2) is 7.34. The normalized spacial score (nSPS) is 32.9. The van der Waals surface area contributed by atoms with Crippen molar-refractivity contribution in [2.45, 2.75) is 24.4 Å². The first-order valence-electron chi connectivity index (χ1n) is 9.42. The third-order valence-electron chi connectivity index (χ3n) is 5.89. The lowest BCUT2D eigenvalue weighted by Gasteiger charge is -2.49. The van der Waals surface area contributed by atoms with E-state index in [0.717, 1.165) is 57.9 Å². The highest BCUT2D eigenvalue weighted by Gasteiger charge is 2.50. The smallest absolute Gasteiger partial charge is 0.226 e. The highest BCUT2D eigenvalue weighted by atomic mass is 16.5. The van der Waals surface area contributed by atoms with Gasteiger partial charge >= 0.3 is 0 Å². The van der Waals surface area contributed by atoms with Crippen molar-refractivity contribution in [1.82, 2.24) is 20.0 Å². The van der Waals surface area contributed by atoms with Crippen LogP contribution in [0.15, 0.2) is 36.6 Å². The summed E-state index contributed by atoms with van der Waals surface area (Å²) in [6.07, 6.45) is 12.1. The maximum absolute atomic E-state index is 12.4. The number of hydrogen-bond acceptors (Lipinski definition) is 5. The molecule has 0 spiro atoms. The summed E-state index contributed by atoms with van der Waals surface area (Å²) in [5.41, 5.74) is 6.53. The largest absolute Gasteiger partial charge is 0.379 e. The Labute approximate surface area is 153 Å². The molecule has 2 aliphatic heterocycles. The van der Waals surface area contributed by atoms with Crippen molar-refractivity contribution in [1.29, 1.82) is 0 Å². The van der Waals surface area contributed by atoms with E-state index in [9.17, 15) is 4.79 Å². The van der Waals surface area contributed by atoms with E-state index in [0.29, 0.717) is 0 Å². The molecule has 2 saturated heterocycles. The molecule has 0 saturated carbocycles. The van der Waals surface area contributed by atoms with Crippen LogP contribution in [0.4, 0.5) is 0 Å². The van der Waals surface area contributed by atoms with Crippen molar-refractivity contribution in [2.75, 3.05) is 39.4 Å². The fourth-order valence-corrected chi connectivity index (χ4v) is 4.68. The number of hydrogen-bond donors (Lipinski definition) is 2. The molecular weight excluding hydrogens is 330 g/mol. The lowest BCUT2D eigenvalue weighted by atomic mass is 9.77. The predicted octanol–water partition coefficient (Wildman–Crippen LogP) is 0.845. The molecule has 0 bridgehead atoms. The molecule has 0 radical (unpaired) electrons. The van der Waals surface area contributed by atoms with Gasteiger partial charge in [0.25, 0.3) is 0 Å². The maximum Gasteiger partial charge on any atom is 0.226 e. The van der Waals surface area contributed by atoms with Crippen LogP contribution in [0.25, 0.3) is 0 Å². The van der Waals surface area contributed by atoms with Crippen LogP contribution in [0.3, 0.4) is 0 Å². The van der Waals surface area contributed by atoms with Crippen LogP contribution in [-0.4, -0.2) is 70.8 Å². The summed E-state index contributed by atoms with van der Waals surface area (Å²) < 4.78 is 5.51. The van der Waals surface area contributed by atoms with Crippen molar-refractivity contribution >= 4 is 5.91 Å². The summed E-state index contributed by atoms with van der Waals surface area (Å²) in [6, 6.07) is 2.25. The Bertz CT molecular complexity index is 680. The minimum atomic E-state index is -0.440. The fraction of sp³-hybridized carbons (Fsp3) is 0.579. The van der Waals surface area contributed by atoms with E-state index in [1.807, 2.05) is 18.2 Å². The molecule has 3 heterocycles. The topological polar surface area (TPSA) is 87.5 Å². The van der Waals surface area contributed by atoms with Crippen LogP contribution >= 0.6 is 0 Å². The van der Waals surface area contributed by atoms with Crippen molar-refractivity contribution in [3.05, 3.63) is 42.3 Å². The monoisotopic (exact) mass is 357 g/mol. The van der Waals surface area contributed by atoms with Gasteiger partial charge in [-0.1, -0.05) is 24.3 Å². The molecule has 1 aromatic rings. The Morgan fingerprint density at radius 2 is 2.19 bits per heavy atom. The molecular formula is C19H27N5O2. The van der Waals surface area contributed by atoms with E-state index in [-0.39, 0.29) is 17.9 Å². The van der Waals surface area contributed by atoms with Gasteiger partial charge < -0.3 is 10.5 Å². The number of amides is 1. The summed E-state index contributed by atoms with van der Waals surface area (Å²) in [5, 5.41) is 7.27. The van der Waals surface area contributed by atoms with Gasteiger partial charge in [0.1, 0.15) is 0 Å².